The minimum Gasteiger partial charge on any atom is -0.325 e. The fourth-order valence-corrected chi connectivity index (χ4v) is 2.56. The Morgan fingerprint density at radius 2 is 2.45 bits per heavy atom. The second-order valence-corrected chi connectivity index (χ2v) is 5.80. The SMILES string of the molecule is C=CCn1cnnc1S[C@H](C)C(=O)Nc1cccc(C#N)c1. The van der Waals surface area contributed by atoms with Gasteiger partial charge in [-0.1, -0.05) is 23.9 Å². The monoisotopic (exact) mass is 313 g/mol. The summed E-state index contributed by atoms with van der Waals surface area (Å²) in [5.74, 6) is -0.159. The highest BCUT2D eigenvalue weighted by Gasteiger charge is 2.17. The number of thioether (sulfide) groups is 1. The summed E-state index contributed by atoms with van der Waals surface area (Å²) < 4.78 is 1.82. The molecule has 1 aromatic heterocycles. The van der Waals surface area contributed by atoms with E-state index in [1.165, 1.54) is 11.8 Å². The molecule has 0 radical (unpaired) electrons. The van der Waals surface area contributed by atoms with Crippen molar-refractivity contribution >= 4 is 23.4 Å². The molecule has 0 fully saturated rings. The molecule has 7 heteroatoms. The maximum absolute atomic E-state index is 12.2. The summed E-state index contributed by atoms with van der Waals surface area (Å²) in [5.41, 5.74) is 1.10. The lowest BCUT2D eigenvalue weighted by Gasteiger charge is -2.12. The fourth-order valence-electron chi connectivity index (χ4n) is 1.72. The molecule has 0 unspecified atom stereocenters. The van der Waals surface area contributed by atoms with Gasteiger partial charge in [0.1, 0.15) is 6.33 Å². The van der Waals surface area contributed by atoms with E-state index >= 15 is 0 Å². The van der Waals surface area contributed by atoms with Crippen molar-refractivity contribution in [3.63, 3.8) is 0 Å². The lowest BCUT2D eigenvalue weighted by atomic mass is 10.2. The van der Waals surface area contributed by atoms with Crippen molar-refractivity contribution in [2.75, 3.05) is 5.32 Å². The zero-order valence-corrected chi connectivity index (χ0v) is 12.9. The van der Waals surface area contributed by atoms with E-state index in [1.807, 2.05) is 10.6 Å². The molecule has 6 nitrogen and oxygen atoms in total. The average Bonchev–Trinajstić information content (AvgIpc) is 2.95. The number of carbonyl (C=O) groups is 1. The molecular formula is C15H15N5OS. The molecule has 1 N–H and O–H groups in total. The maximum Gasteiger partial charge on any atom is 0.237 e. The van der Waals surface area contributed by atoms with Gasteiger partial charge in [0.2, 0.25) is 5.91 Å². The summed E-state index contributed by atoms with van der Waals surface area (Å²) in [7, 11) is 0. The molecule has 112 valence electrons. The van der Waals surface area contributed by atoms with Gasteiger partial charge < -0.3 is 9.88 Å². The number of nitrogens with one attached hydrogen (secondary N) is 1. The highest BCUT2D eigenvalue weighted by molar-refractivity contribution is 8.00. The summed E-state index contributed by atoms with van der Waals surface area (Å²) in [6, 6.07) is 8.84. The number of anilines is 1. The second kappa shape index (κ2) is 7.43. The molecule has 1 amide bonds. The summed E-state index contributed by atoms with van der Waals surface area (Å²) >= 11 is 1.32. The number of carbonyl (C=O) groups excluding carboxylic acids is 1. The molecule has 0 saturated heterocycles. The lowest BCUT2D eigenvalue weighted by molar-refractivity contribution is -0.115. The average molecular weight is 313 g/mol. The molecule has 22 heavy (non-hydrogen) atoms. The molecule has 1 atom stereocenters. The molecule has 0 aliphatic carbocycles. The van der Waals surface area contributed by atoms with Gasteiger partial charge in [0.15, 0.2) is 5.16 Å². The molecule has 1 heterocycles. The smallest absolute Gasteiger partial charge is 0.237 e. The van der Waals surface area contributed by atoms with Crippen LogP contribution in [-0.2, 0) is 11.3 Å². The first-order valence-corrected chi connectivity index (χ1v) is 7.48. The Bertz CT molecular complexity index is 719. The Balaban J connectivity index is 2.01. The van der Waals surface area contributed by atoms with E-state index in [0.29, 0.717) is 23.0 Å². The predicted octanol–water partition coefficient (Wildman–Crippen LogP) is 2.46. The van der Waals surface area contributed by atoms with Crippen LogP contribution in [0, 0.1) is 11.3 Å². The third-order valence-electron chi connectivity index (χ3n) is 2.82. The third kappa shape index (κ3) is 3.96. The van der Waals surface area contributed by atoms with Crippen molar-refractivity contribution in [2.24, 2.45) is 0 Å². The van der Waals surface area contributed by atoms with E-state index in [2.05, 4.69) is 22.1 Å². The highest BCUT2D eigenvalue weighted by atomic mass is 32.2. The Hall–Kier alpha value is -2.59. The number of benzene rings is 1. The Morgan fingerprint density at radius 1 is 1.64 bits per heavy atom. The van der Waals surface area contributed by atoms with E-state index in [-0.39, 0.29) is 11.2 Å². The number of nitrogens with zero attached hydrogens (tertiary/aromatic N) is 4. The van der Waals surface area contributed by atoms with Crippen molar-refractivity contribution < 1.29 is 4.79 Å². The molecule has 0 aliphatic heterocycles. The number of rotatable bonds is 6. The van der Waals surface area contributed by atoms with E-state index < -0.39 is 0 Å². The largest absolute Gasteiger partial charge is 0.325 e. The van der Waals surface area contributed by atoms with Gasteiger partial charge in [0, 0.05) is 12.2 Å². The zero-order valence-electron chi connectivity index (χ0n) is 12.1. The fraction of sp³-hybridized carbons (Fsp3) is 0.200. The van der Waals surface area contributed by atoms with Gasteiger partial charge in [-0.05, 0) is 25.1 Å². The first kappa shape index (κ1) is 15.8. The summed E-state index contributed by atoms with van der Waals surface area (Å²) in [4.78, 5) is 12.2. The summed E-state index contributed by atoms with van der Waals surface area (Å²) in [6.45, 7) is 6.06. The van der Waals surface area contributed by atoms with Gasteiger partial charge in [0.25, 0.3) is 0 Å². The number of nitriles is 1. The van der Waals surface area contributed by atoms with Crippen LogP contribution in [0.5, 0.6) is 0 Å². The van der Waals surface area contributed by atoms with Crippen LogP contribution >= 0.6 is 11.8 Å². The quantitative estimate of drug-likeness (QED) is 0.654. The van der Waals surface area contributed by atoms with E-state index in [0.717, 1.165) is 0 Å². The lowest BCUT2D eigenvalue weighted by Crippen LogP contribution is -2.23. The Kier molecular flexibility index (Phi) is 5.33. The van der Waals surface area contributed by atoms with Crippen molar-refractivity contribution in [3.05, 3.63) is 48.8 Å². The standard InChI is InChI=1S/C15H15N5OS/c1-3-7-20-10-17-19-15(20)22-11(2)14(21)18-13-6-4-5-12(8-13)9-16/h3-6,8,10-11H,1,7H2,2H3,(H,18,21)/t11-/m1/s1. The molecule has 2 rings (SSSR count). The van der Waals surface area contributed by atoms with E-state index in [4.69, 9.17) is 5.26 Å². The van der Waals surface area contributed by atoms with Gasteiger partial charge in [0.05, 0.1) is 16.9 Å². The van der Waals surface area contributed by atoms with Crippen molar-refractivity contribution in [1.82, 2.24) is 14.8 Å². The number of amides is 1. The number of aromatic nitrogens is 3. The first-order valence-electron chi connectivity index (χ1n) is 6.60. The van der Waals surface area contributed by atoms with Crippen LogP contribution in [0.25, 0.3) is 0 Å². The minimum atomic E-state index is -0.349. The molecule has 2 aromatic rings. The summed E-state index contributed by atoms with van der Waals surface area (Å²) in [6.07, 6.45) is 3.34. The topological polar surface area (TPSA) is 83.6 Å². The van der Waals surface area contributed by atoms with Gasteiger partial charge in [-0.2, -0.15) is 5.26 Å². The van der Waals surface area contributed by atoms with Crippen LogP contribution in [0.1, 0.15) is 12.5 Å². The van der Waals surface area contributed by atoms with Gasteiger partial charge in [-0.3, -0.25) is 4.79 Å². The molecule has 0 spiro atoms. The van der Waals surface area contributed by atoms with Gasteiger partial charge >= 0.3 is 0 Å². The zero-order chi connectivity index (χ0) is 15.9. The van der Waals surface area contributed by atoms with E-state index in [9.17, 15) is 4.79 Å². The molecular weight excluding hydrogens is 298 g/mol. The van der Waals surface area contributed by atoms with Gasteiger partial charge in [-0.25, -0.2) is 0 Å². The van der Waals surface area contributed by atoms with Gasteiger partial charge in [-0.15, -0.1) is 16.8 Å². The second-order valence-electron chi connectivity index (χ2n) is 4.50. The number of hydrogen-bond acceptors (Lipinski definition) is 5. The first-order chi connectivity index (χ1) is 10.6. The molecule has 0 saturated carbocycles. The maximum atomic E-state index is 12.2. The van der Waals surface area contributed by atoms with Crippen LogP contribution in [0.4, 0.5) is 5.69 Å². The van der Waals surface area contributed by atoms with Crippen molar-refractivity contribution in [3.8, 4) is 6.07 Å². The Morgan fingerprint density at radius 3 is 3.18 bits per heavy atom. The van der Waals surface area contributed by atoms with Crippen LogP contribution < -0.4 is 5.32 Å². The summed E-state index contributed by atoms with van der Waals surface area (Å²) in [5, 5.41) is 19.8. The van der Waals surface area contributed by atoms with Crippen LogP contribution in [0.15, 0.2) is 48.4 Å². The van der Waals surface area contributed by atoms with Crippen molar-refractivity contribution in [2.45, 2.75) is 23.9 Å². The molecule has 1 aromatic carbocycles. The number of hydrogen-bond donors (Lipinski definition) is 1. The van der Waals surface area contributed by atoms with Crippen LogP contribution in [-0.4, -0.2) is 25.9 Å². The normalized spacial score (nSPS) is 11.5. The van der Waals surface area contributed by atoms with Crippen LogP contribution in [0.3, 0.4) is 0 Å². The minimum absolute atomic E-state index is 0.159. The third-order valence-corrected chi connectivity index (χ3v) is 3.91. The highest BCUT2D eigenvalue weighted by Crippen LogP contribution is 2.22. The van der Waals surface area contributed by atoms with Crippen LogP contribution in [0.2, 0.25) is 0 Å². The van der Waals surface area contributed by atoms with Crippen molar-refractivity contribution in [1.29, 1.82) is 5.26 Å². The molecule has 0 aliphatic rings. The number of allylic oxidation sites excluding steroid dienone is 1. The van der Waals surface area contributed by atoms with E-state index in [1.54, 1.807) is 43.6 Å². The molecule has 0 bridgehead atoms. The predicted molar refractivity (Wildman–Crippen MR) is 85.3 cm³/mol. The Labute approximate surface area is 132 Å².